The van der Waals surface area contributed by atoms with Gasteiger partial charge in [-0.1, -0.05) is 6.07 Å². The number of rotatable bonds is 7. The number of amides is 1. The van der Waals surface area contributed by atoms with Gasteiger partial charge in [0, 0.05) is 35.6 Å². The Labute approximate surface area is 152 Å². The fraction of sp³-hybridized carbons (Fsp3) is 0.250. The van der Waals surface area contributed by atoms with Crippen LogP contribution in [-0.2, 0) is 23.0 Å². The summed E-state index contributed by atoms with van der Waals surface area (Å²) in [6, 6.07) is 3.98. The quantitative estimate of drug-likeness (QED) is 0.639. The van der Waals surface area contributed by atoms with E-state index in [1.807, 2.05) is 30.8 Å². The maximum Gasteiger partial charge on any atom is 0.358 e. The zero-order valence-electron chi connectivity index (χ0n) is 13.5. The molecule has 1 amide bonds. The van der Waals surface area contributed by atoms with Crippen molar-refractivity contribution in [2.45, 2.75) is 6.42 Å². The van der Waals surface area contributed by atoms with Gasteiger partial charge in [0.15, 0.2) is 12.3 Å². The Morgan fingerprint density at radius 3 is 2.96 bits per heavy atom. The average molecular weight is 376 g/mol. The number of ether oxygens (including phenoxy) is 1. The first-order chi connectivity index (χ1) is 12.1. The molecule has 0 atom stereocenters. The number of hydrogen-bond acceptors (Lipinski definition) is 7. The van der Waals surface area contributed by atoms with E-state index in [1.54, 1.807) is 27.6 Å². The summed E-state index contributed by atoms with van der Waals surface area (Å²) in [4.78, 5) is 29.1. The van der Waals surface area contributed by atoms with Crippen molar-refractivity contribution in [2.75, 3.05) is 13.2 Å². The van der Waals surface area contributed by atoms with Gasteiger partial charge in [-0.2, -0.15) is 5.10 Å². The molecule has 0 spiro atoms. The van der Waals surface area contributed by atoms with E-state index in [9.17, 15) is 9.59 Å². The van der Waals surface area contributed by atoms with Crippen LogP contribution < -0.4 is 5.32 Å². The summed E-state index contributed by atoms with van der Waals surface area (Å²) in [5.74, 6) is -0.938. The number of aryl methyl sites for hydroxylation is 1. The zero-order valence-corrected chi connectivity index (χ0v) is 15.1. The molecule has 25 heavy (non-hydrogen) atoms. The first-order valence-corrected chi connectivity index (χ1v) is 9.28. The van der Waals surface area contributed by atoms with Gasteiger partial charge in [-0.3, -0.25) is 9.48 Å². The van der Waals surface area contributed by atoms with Gasteiger partial charge in [0.1, 0.15) is 5.01 Å². The van der Waals surface area contributed by atoms with E-state index in [0.717, 1.165) is 12.0 Å². The summed E-state index contributed by atoms with van der Waals surface area (Å²) < 4.78 is 6.67. The van der Waals surface area contributed by atoms with Gasteiger partial charge < -0.3 is 10.1 Å². The van der Waals surface area contributed by atoms with E-state index in [4.69, 9.17) is 4.74 Å². The molecule has 0 bridgehead atoms. The number of nitrogens with zero attached hydrogens (tertiary/aromatic N) is 3. The third-order valence-electron chi connectivity index (χ3n) is 3.27. The van der Waals surface area contributed by atoms with Crippen molar-refractivity contribution in [2.24, 2.45) is 7.05 Å². The molecule has 3 aromatic rings. The minimum atomic E-state index is -0.611. The lowest BCUT2D eigenvalue weighted by molar-refractivity contribution is -0.124. The average Bonchev–Trinajstić information content (AvgIpc) is 3.33. The fourth-order valence-electron chi connectivity index (χ4n) is 2.07. The molecule has 0 saturated carbocycles. The Balaban J connectivity index is 1.44. The van der Waals surface area contributed by atoms with Crippen LogP contribution >= 0.6 is 22.7 Å². The molecular formula is C16H16N4O3S2. The molecule has 3 aromatic heterocycles. The smallest absolute Gasteiger partial charge is 0.358 e. The minimum absolute atomic E-state index is 0.190. The van der Waals surface area contributed by atoms with Crippen LogP contribution in [0.4, 0.5) is 0 Å². The van der Waals surface area contributed by atoms with Crippen molar-refractivity contribution >= 4 is 34.6 Å². The van der Waals surface area contributed by atoms with Crippen LogP contribution in [0.15, 0.2) is 35.3 Å². The maximum atomic E-state index is 12.0. The van der Waals surface area contributed by atoms with Crippen LogP contribution in [0.1, 0.15) is 15.4 Å². The van der Waals surface area contributed by atoms with E-state index in [0.29, 0.717) is 11.6 Å². The zero-order chi connectivity index (χ0) is 17.6. The van der Waals surface area contributed by atoms with E-state index >= 15 is 0 Å². The molecule has 0 saturated heterocycles. The molecule has 3 rings (SSSR count). The second-order valence-electron chi connectivity index (χ2n) is 5.20. The molecule has 3 heterocycles. The number of carbonyl (C=O) groups is 2. The van der Waals surface area contributed by atoms with Crippen LogP contribution in [0.2, 0.25) is 0 Å². The highest BCUT2D eigenvalue weighted by Crippen LogP contribution is 2.23. The van der Waals surface area contributed by atoms with Crippen molar-refractivity contribution in [1.29, 1.82) is 0 Å². The van der Waals surface area contributed by atoms with E-state index < -0.39 is 5.97 Å². The van der Waals surface area contributed by atoms with Crippen LogP contribution in [-0.4, -0.2) is 39.8 Å². The van der Waals surface area contributed by atoms with Crippen molar-refractivity contribution in [3.63, 3.8) is 0 Å². The summed E-state index contributed by atoms with van der Waals surface area (Å²) in [6.07, 6.45) is 4.25. The second kappa shape index (κ2) is 8.04. The second-order valence-corrected chi connectivity index (χ2v) is 7.09. The standard InChI is InChI=1S/C16H16N4O3S2/c1-20-8-11(7-18-20)15-19-13(10-25-15)16(22)23-9-14(21)17-5-4-12-3-2-6-24-12/h2-3,6-8,10H,4-5,9H2,1H3,(H,17,21). The van der Waals surface area contributed by atoms with Crippen molar-refractivity contribution in [3.8, 4) is 10.6 Å². The van der Waals surface area contributed by atoms with Gasteiger partial charge in [-0.05, 0) is 17.9 Å². The molecular weight excluding hydrogens is 360 g/mol. The number of nitrogens with one attached hydrogen (secondary N) is 1. The molecule has 0 unspecified atom stereocenters. The summed E-state index contributed by atoms with van der Waals surface area (Å²) in [5.41, 5.74) is 1.02. The van der Waals surface area contributed by atoms with Crippen molar-refractivity contribution in [3.05, 3.63) is 45.9 Å². The van der Waals surface area contributed by atoms with Gasteiger partial charge in [0.2, 0.25) is 0 Å². The van der Waals surface area contributed by atoms with Gasteiger partial charge >= 0.3 is 5.97 Å². The van der Waals surface area contributed by atoms with Crippen LogP contribution in [0, 0.1) is 0 Å². The van der Waals surface area contributed by atoms with Crippen molar-refractivity contribution < 1.29 is 14.3 Å². The molecule has 7 nitrogen and oxygen atoms in total. The van der Waals surface area contributed by atoms with E-state index in [-0.39, 0.29) is 18.2 Å². The number of thiazole rings is 1. The highest BCUT2D eigenvalue weighted by atomic mass is 32.1. The number of thiophene rings is 1. The molecule has 9 heteroatoms. The summed E-state index contributed by atoms with van der Waals surface area (Å²) in [5, 5.41) is 11.1. The van der Waals surface area contributed by atoms with Crippen LogP contribution in [0.5, 0.6) is 0 Å². The fourth-order valence-corrected chi connectivity index (χ4v) is 3.54. The van der Waals surface area contributed by atoms with Gasteiger partial charge in [0.05, 0.1) is 6.20 Å². The molecule has 0 aromatic carbocycles. The highest BCUT2D eigenvalue weighted by Gasteiger charge is 2.15. The number of carbonyl (C=O) groups excluding carboxylic acids is 2. The normalized spacial score (nSPS) is 10.6. The molecule has 130 valence electrons. The third kappa shape index (κ3) is 4.74. The maximum absolute atomic E-state index is 12.0. The predicted octanol–water partition coefficient (Wildman–Crippen LogP) is 2.12. The Bertz CT molecular complexity index is 855. The summed E-state index contributed by atoms with van der Waals surface area (Å²) in [6.45, 7) is 0.196. The predicted molar refractivity (Wildman–Crippen MR) is 95.6 cm³/mol. The Kier molecular flexibility index (Phi) is 5.56. The monoisotopic (exact) mass is 376 g/mol. The minimum Gasteiger partial charge on any atom is -0.451 e. The topological polar surface area (TPSA) is 86.1 Å². The van der Waals surface area contributed by atoms with Gasteiger partial charge in [-0.15, -0.1) is 22.7 Å². The lowest BCUT2D eigenvalue weighted by Crippen LogP contribution is -2.30. The lowest BCUT2D eigenvalue weighted by Gasteiger charge is -2.04. The molecule has 0 aliphatic rings. The Morgan fingerprint density at radius 2 is 2.24 bits per heavy atom. The SMILES string of the molecule is Cn1cc(-c2nc(C(=O)OCC(=O)NCCc3cccs3)cs2)cn1. The Hall–Kier alpha value is -2.52. The molecule has 0 radical (unpaired) electrons. The number of hydrogen-bond donors (Lipinski definition) is 1. The van der Waals surface area contributed by atoms with E-state index in [2.05, 4.69) is 15.4 Å². The molecule has 0 aliphatic heterocycles. The molecule has 0 fully saturated rings. The summed E-state index contributed by atoms with van der Waals surface area (Å²) >= 11 is 2.97. The van der Waals surface area contributed by atoms with Gasteiger partial charge in [0.25, 0.3) is 5.91 Å². The Morgan fingerprint density at radius 1 is 1.36 bits per heavy atom. The molecule has 0 aliphatic carbocycles. The molecule has 1 N–H and O–H groups in total. The number of aromatic nitrogens is 3. The van der Waals surface area contributed by atoms with Crippen LogP contribution in [0.25, 0.3) is 10.6 Å². The first-order valence-electron chi connectivity index (χ1n) is 7.52. The first kappa shape index (κ1) is 17.3. The highest BCUT2D eigenvalue weighted by molar-refractivity contribution is 7.13. The summed E-state index contributed by atoms with van der Waals surface area (Å²) in [7, 11) is 1.81. The largest absolute Gasteiger partial charge is 0.451 e. The third-order valence-corrected chi connectivity index (χ3v) is 5.10. The number of esters is 1. The lowest BCUT2D eigenvalue weighted by atomic mass is 10.3. The van der Waals surface area contributed by atoms with Gasteiger partial charge in [-0.25, -0.2) is 9.78 Å². The van der Waals surface area contributed by atoms with E-state index in [1.165, 1.54) is 16.2 Å². The van der Waals surface area contributed by atoms with Crippen molar-refractivity contribution in [1.82, 2.24) is 20.1 Å². The van der Waals surface area contributed by atoms with Crippen LogP contribution in [0.3, 0.4) is 0 Å².